The van der Waals surface area contributed by atoms with Crippen LogP contribution in [0.2, 0.25) is 0 Å². The van der Waals surface area contributed by atoms with Gasteiger partial charge < -0.3 is 5.11 Å². The van der Waals surface area contributed by atoms with E-state index in [1.54, 1.807) is 31.2 Å². The molecule has 0 saturated heterocycles. The molecule has 2 rings (SSSR count). The van der Waals surface area contributed by atoms with Crippen LogP contribution in [0.5, 0.6) is 0 Å². The van der Waals surface area contributed by atoms with E-state index < -0.39 is 5.97 Å². The molecule has 3 heteroatoms. The van der Waals surface area contributed by atoms with E-state index in [-0.39, 0.29) is 16.8 Å². The standard InChI is InChI=1S/C18H19FO2/c1-11-8-14(10-15(16(11)19)18(2,3)4)12-6-5-7-13(9-12)17(20)21/h5-10H,1-4H3,(H,20,21). The van der Waals surface area contributed by atoms with Crippen LogP contribution in [-0.2, 0) is 5.41 Å². The molecule has 2 nitrogen and oxygen atoms in total. The maximum Gasteiger partial charge on any atom is 0.335 e. The predicted octanol–water partition coefficient (Wildman–Crippen LogP) is 4.80. The number of hydrogen-bond donors (Lipinski definition) is 1. The number of aryl methyl sites for hydroxylation is 1. The van der Waals surface area contributed by atoms with Crippen molar-refractivity contribution in [3.8, 4) is 11.1 Å². The Bertz CT molecular complexity index is 697. The van der Waals surface area contributed by atoms with E-state index in [4.69, 9.17) is 5.11 Å². The van der Waals surface area contributed by atoms with Gasteiger partial charge in [-0.3, -0.25) is 0 Å². The van der Waals surface area contributed by atoms with Crippen LogP contribution in [0.1, 0.15) is 42.3 Å². The summed E-state index contributed by atoms with van der Waals surface area (Å²) < 4.78 is 14.3. The first-order chi connectivity index (χ1) is 9.70. The van der Waals surface area contributed by atoms with Crippen LogP contribution in [-0.4, -0.2) is 11.1 Å². The highest BCUT2D eigenvalue weighted by Crippen LogP contribution is 2.32. The van der Waals surface area contributed by atoms with Crippen molar-refractivity contribution < 1.29 is 14.3 Å². The number of carboxylic acid groups (broad SMARTS) is 1. The molecule has 110 valence electrons. The lowest BCUT2D eigenvalue weighted by atomic mass is 9.83. The SMILES string of the molecule is Cc1cc(-c2cccc(C(=O)O)c2)cc(C(C)(C)C)c1F. The van der Waals surface area contributed by atoms with Gasteiger partial charge in [0.15, 0.2) is 0 Å². The molecule has 0 radical (unpaired) electrons. The minimum Gasteiger partial charge on any atom is -0.478 e. The van der Waals surface area contributed by atoms with Crippen LogP contribution >= 0.6 is 0 Å². The van der Waals surface area contributed by atoms with Crippen LogP contribution in [0.15, 0.2) is 36.4 Å². The molecule has 0 aliphatic carbocycles. The third-order valence-corrected chi connectivity index (χ3v) is 3.51. The summed E-state index contributed by atoms with van der Waals surface area (Å²) in [5, 5.41) is 9.08. The van der Waals surface area contributed by atoms with Crippen molar-refractivity contribution in [1.29, 1.82) is 0 Å². The second-order valence-electron chi connectivity index (χ2n) is 6.29. The number of carbonyl (C=O) groups is 1. The molecule has 0 unspecified atom stereocenters. The van der Waals surface area contributed by atoms with Crippen molar-refractivity contribution in [3.05, 3.63) is 58.9 Å². The first-order valence-corrected chi connectivity index (χ1v) is 6.84. The summed E-state index contributed by atoms with van der Waals surface area (Å²) in [6, 6.07) is 10.3. The summed E-state index contributed by atoms with van der Waals surface area (Å²) in [6.45, 7) is 7.61. The summed E-state index contributed by atoms with van der Waals surface area (Å²) in [4.78, 5) is 11.1. The maximum atomic E-state index is 14.3. The molecule has 0 atom stereocenters. The first-order valence-electron chi connectivity index (χ1n) is 6.84. The molecule has 0 saturated carbocycles. The molecule has 2 aromatic rings. The van der Waals surface area contributed by atoms with Gasteiger partial charge in [-0.1, -0.05) is 32.9 Å². The summed E-state index contributed by atoms with van der Waals surface area (Å²) >= 11 is 0. The molecule has 0 aromatic heterocycles. The van der Waals surface area contributed by atoms with Crippen LogP contribution < -0.4 is 0 Å². The van der Waals surface area contributed by atoms with Gasteiger partial charge in [-0.2, -0.15) is 0 Å². The van der Waals surface area contributed by atoms with Crippen molar-refractivity contribution in [2.45, 2.75) is 33.1 Å². The highest BCUT2D eigenvalue weighted by molar-refractivity contribution is 5.89. The van der Waals surface area contributed by atoms with E-state index in [1.165, 1.54) is 0 Å². The zero-order chi connectivity index (χ0) is 15.8. The fraction of sp³-hybridized carbons (Fsp3) is 0.278. The summed E-state index contributed by atoms with van der Waals surface area (Å²) in [7, 11) is 0. The van der Waals surface area contributed by atoms with Gasteiger partial charge in [-0.15, -0.1) is 0 Å². The Labute approximate surface area is 124 Å². The molecule has 0 amide bonds. The van der Waals surface area contributed by atoms with Gasteiger partial charge in [0.2, 0.25) is 0 Å². The highest BCUT2D eigenvalue weighted by Gasteiger charge is 2.21. The lowest BCUT2D eigenvalue weighted by molar-refractivity contribution is 0.0697. The topological polar surface area (TPSA) is 37.3 Å². The molecular weight excluding hydrogens is 267 g/mol. The molecule has 2 aromatic carbocycles. The first kappa shape index (κ1) is 15.2. The van der Waals surface area contributed by atoms with E-state index in [0.717, 1.165) is 11.1 Å². The minimum absolute atomic E-state index is 0.194. The number of halogens is 1. The number of aromatic carboxylic acids is 1. The predicted molar refractivity (Wildman–Crippen MR) is 82.2 cm³/mol. The van der Waals surface area contributed by atoms with Crippen molar-refractivity contribution >= 4 is 5.97 Å². The summed E-state index contributed by atoms with van der Waals surface area (Å²) in [5.74, 6) is -1.16. The van der Waals surface area contributed by atoms with Crippen LogP contribution in [0.25, 0.3) is 11.1 Å². The van der Waals surface area contributed by atoms with E-state index in [9.17, 15) is 9.18 Å². The van der Waals surface area contributed by atoms with E-state index >= 15 is 0 Å². The van der Waals surface area contributed by atoms with E-state index in [2.05, 4.69) is 0 Å². The van der Waals surface area contributed by atoms with E-state index in [1.807, 2.05) is 32.9 Å². The largest absolute Gasteiger partial charge is 0.478 e. The number of carboxylic acids is 1. The number of benzene rings is 2. The average Bonchev–Trinajstić information content (AvgIpc) is 2.40. The zero-order valence-electron chi connectivity index (χ0n) is 12.7. The minimum atomic E-state index is -0.966. The molecule has 0 bridgehead atoms. The smallest absolute Gasteiger partial charge is 0.335 e. The Balaban J connectivity index is 2.63. The molecule has 0 heterocycles. The van der Waals surface area contributed by atoms with Crippen LogP contribution in [0, 0.1) is 12.7 Å². The zero-order valence-corrected chi connectivity index (χ0v) is 12.7. The van der Waals surface area contributed by atoms with Crippen molar-refractivity contribution in [2.24, 2.45) is 0 Å². The maximum absolute atomic E-state index is 14.3. The molecule has 0 spiro atoms. The quantitative estimate of drug-likeness (QED) is 0.861. The Kier molecular flexibility index (Phi) is 3.86. The monoisotopic (exact) mass is 286 g/mol. The second-order valence-corrected chi connectivity index (χ2v) is 6.29. The van der Waals surface area contributed by atoms with Gasteiger partial charge in [0.25, 0.3) is 0 Å². The average molecular weight is 286 g/mol. The fourth-order valence-electron chi connectivity index (χ4n) is 2.31. The molecule has 21 heavy (non-hydrogen) atoms. The molecule has 0 aliphatic heterocycles. The van der Waals surface area contributed by atoms with Gasteiger partial charge in [-0.25, -0.2) is 9.18 Å². The van der Waals surface area contributed by atoms with Gasteiger partial charge >= 0.3 is 5.97 Å². The van der Waals surface area contributed by atoms with Gasteiger partial charge in [0.1, 0.15) is 5.82 Å². The Hall–Kier alpha value is -2.16. The highest BCUT2D eigenvalue weighted by atomic mass is 19.1. The van der Waals surface area contributed by atoms with Crippen molar-refractivity contribution in [3.63, 3.8) is 0 Å². The Morgan fingerprint density at radius 3 is 2.33 bits per heavy atom. The third kappa shape index (κ3) is 3.13. The normalized spacial score (nSPS) is 11.5. The molecule has 0 fully saturated rings. The van der Waals surface area contributed by atoms with Crippen molar-refractivity contribution in [1.82, 2.24) is 0 Å². The Morgan fingerprint density at radius 2 is 1.76 bits per heavy atom. The molecule has 0 aliphatic rings. The van der Waals surface area contributed by atoms with Crippen molar-refractivity contribution in [2.75, 3.05) is 0 Å². The Morgan fingerprint density at radius 1 is 1.10 bits per heavy atom. The second kappa shape index (κ2) is 5.32. The van der Waals surface area contributed by atoms with Gasteiger partial charge in [-0.05, 0) is 58.9 Å². The summed E-state index contributed by atoms with van der Waals surface area (Å²) in [5.41, 5.74) is 2.74. The van der Waals surface area contributed by atoms with Crippen LogP contribution in [0.4, 0.5) is 4.39 Å². The number of hydrogen-bond acceptors (Lipinski definition) is 1. The van der Waals surface area contributed by atoms with Gasteiger partial charge in [0.05, 0.1) is 5.56 Å². The third-order valence-electron chi connectivity index (χ3n) is 3.51. The lowest BCUT2D eigenvalue weighted by Gasteiger charge is -2.22. The number of rotatable bonds is 2. The van der Waals surface area contributed by atoms with Crippen LogP contribution in [0.3, 0.4) is 0 Å². The molecular formula is C18H19FO2. The lowest BCUT2D eigenvalue weighted by Crippen LogP contribution is -2.14. The molecule has 1 N–H and O–H groups in total. The van der Waals surface area contributed by atoms with E-state index in [0.29, 0.717) is 11.1 Å². The van der Waals surface area contributed by atoms with Gasteiger partial charge in [0, 0.05) is 0 Å². The summed E-state index contributed by atoms with van der Waals surface area (Å²) in [6.07, 6.45) is 0. The fourth-order valence-corrected chi connectivity index (χ4v) is 2.31.